The van der Waals surface area contributed by atoms with Gasteiger partial charge in [-0.1, -0.05) is 103 Å². The summed E-state index contributed by atoms with van der Waals surface area (Å²) in [4.78, 5) is 0. The van der Waals surface area contributed by atoms with Crippen molar-refractivity contribution in [1.29, 1.82) is 0 Å². The van der Waals surface area contributed by atoms with Gasteiger partial charge in [0, 0.05) is 0 Å². The molecular formula is C30H30ClNiP-. The maximum absolute atomic E-state index is 4.26. The monoisotopic (exact) mass is 514 g/mol. The SMILES string of the molecule is [CH3-].[CH3-].[Cl][Ni].c1ccc([PH+](c2ccccc2)c2ccccc2)cc1.c1ccc2ccccc2c1. The molecule has 0 saturated heterocycles. The smallest absolute Gasteiger partial charge is 0.0620 e. The Morgan fingerprint density at radius 3 is 0.818 bits per heavy atom. The van der Waals surface area contributed by atoms with Crippen molar-refractivity contribution in [2.45, 2.75) is 0 Å². The molecule has 5 rings (SSSR count). The number of hydrogen-bond donors (Lipinski definition) is 0. The van der Waals surface area contributed by atoms with Crippen molar-refractivity contribution in [2.24, 2.45) is 0 Å². The van der Waals surface area contributed by atoms with E-state index in [4.69, 9.17) is 0 Å². The van der Waals surface area contributed by atoms with Crippen molar-refractivity contribution in [3.63, 3.8) is 0 Å². The van der Waals surface area contributed by atoms with E-state index in [0.29, 0.717) is 0 Å². The summed E-state index contributed by atoms with van der Waals surface area (Å²) in [6, 6.07) is 49.2. The molecule has 5 aromatic rings. The van der Waals surface area contributed by atoms with Gasteiger partial charge in [0.2, 0.25) is 0 Å². The van der Waals surface area contributed by atoms with Crippen LogP contribution in [0.25, 0.3) is 10.8 Å². The molecule has 0 heterocycles. The molecule has 0 aliphatic heterocycles. The fraction of sp³-hybridized carbons (Fsp3) is 0. The second-order valence-electron chi connectivity index (χ2n) is 6.82. The number of fused-ring (bicyclic) bond motifs is 1. The third kappa shape index (κ3) is 8.45. The molecule has 0 bridgehead atoms. The van der Waals surface area contributed by atoms with Gasteiger partial charge in [-0.3, -0.25) is 0 Å². The normalized spacial score (nSPS) is 9.33. The van der Waals surface area contributed by atoms with Gasteiger partial charge in [-0.15, -0.1) is 0 Å². The molecule has 0 saturated carbocycles. The van der Waals surface area contributed by atoms with Crippen LogP contribution in [0, 0.1) is 14.9 Å². The Bertz CT molecular complexity index is 990. The second-order valence-corrected chi connectivity index (χ2v) is 9.30. The van der Waals surface area contributed by atoms with Crippen molar-refractivity contribution in [2.75, 3.05) is 0 Å². The number of benzene rings is 5. The molecule has 0 spiro atoms. The third-order valence-corrected chi connectivity index (χ3v) is 7.58. The van der Waals surface area contributed by atoms with Crippen molar-refractivity contribution in [3.05, 3.63) is 154 Å². The van der Waals surface area contributed by atoms with Crippen LogP contribution in [0.1, 0.15) is 0 Å². The molecule has 0 aliphatic rings. The van der Waals surface area contributed by atoms with E-state index in [0.717, 1.165) is 0 Å². The number of hydrogen-bond acceptors (Lipinski definition) is 0. The average Bonchev–Trinajstić information content (AvgIpc) is 2.88. The summed E-state index contributed by atoms with van der Waals surface area (Å²) in [5, 5.41) is 6.93. The molecule has 0 radical (unpaired) electrons. The first kappa shape index (κ1) is 28.6. The molecule has 0 atom stereocenters. The first-order valence-electron chi connectivity index (χ1n) is 10.0. The van der Waals surface area contributed by atoms with Gasteiger partial charge in [-0.05, 0) is 47.2 Å². The van der Waals surface area contributed by atoms with E-state index >= 15 is 0 Å². The van der Waals surface area contributed by atoms with Crippen LogP contribution in [0.2, 0.25) is 0 Å². The number of rotatable bonds is 3. The van der Waals surface area contributed by atoms with Gasteiger partial charge in [0.25, 0.3) is 0 Å². The summed E-state index contributed by atoms with van der Waals surface area (Å²) < 4.78 is 0. The van der Waals surface area contributed by atoms with Gasteiger partial charge in [-0.25, -0.2) is 0 Å². The Morgan fingerprint density at radius 2 is 0.576 bits per heavy atom. The van der Waals surface area contributed by atoms with Gasteiger partial charge in [-0.2, -0.15) is 0 Å². The molecule has 0 fully saturated rings. The zero-order chi connectivity index (χ0) is 21.7. The minimum absolute atomic E-state index is 0. The van der Waals surface area contributed by atoms with E-state index in [2.05, 4.69) is 164 Å². The Balaban J connectivity index is 0.000000332. The van der Waals surface area contributed by atoms with Gasteiger partial charge in [0.1, 0.15) is 15.9 Å². The quantitative estimate of drug-likeness (QED) is 0.132. The third-order valence-electron chi connectivity index (χ3n) is 4.85. The van der Waals surface area contributed by atoms with E-state index < -0.39 is 7.92 Å². The first-order valence-corrected chi connectivity index (χ1v) is 12.9. The Kier molecular flexibility index (Phi) is 14.1. The Hall–Kier alpha value is -2.43. The van der Waals surface area contributed by atoms with E-state index in [1.54, 1.807) is 0 Å². The van der Waals surface area contributed by atoms with E-state index in [1.807, 2.05) is 0 Å². The van der Waals surface area contributed by atoms with Gasteiger partial charge in [0.05, 0.1) is 7.92 Å². The summed E-state index contributed by atoms with van der Waals surface area (Å²) in [6.45, 7) is 0. The van der Waals surface area contributed by atoms with Crippen LogP contribution in [-0.4, -0.2) is 0 Å². The van der Waals surface area contributed by atoms with Crippen molar-refractivity contribution >= 4 is 44.8 Å². The fourth-order valence-corrected chi connectivity index (χ4v) is 6.02. The molecule has 5 aromatic carbocycles. The largest absolute Gasteiger partial charge is 0.102 e. The standard InChI is InChI=1S/C18H15P.C10H8.2CH3.ClH.Ni/c1-4-10-16(11-5-1)19(17-12-6-2-7-13-17)18-14-8-3-9-15-18;1-2-6-10-8-4-3-7-9(10)5-1;;;;/h1-15H;1-8H;2*1H3;1H;/q;;2*-1;;+1. The second kappa shape index (κ2) is 16.2. The van der Waals surface area contributed by atoms with Gasteiger partial charge in [0.15, 0.2) is 0 Å². The number of halogens is 1. The van der Waals surface area contributed by atoms with Crippen LogP contribution in [-0.2, 0) is 14.6 Å². The van der Waals surface area contributed by atoms with E-state index in [9.17, 15) is 0 Å². The minimum Gasteiger partial charge on any atom is -0.0620 e. The maximum Gasteiger partial charge on any atom is 0.102 e. The Morgan fingerprint density at radius 1 is 0.364 bits per heavy atom. The van der Waals surface area contributed by atoms with Crippen LogP contribution in [0.3, 0.4) is 0 Å². The molecule has 0 nitrogen and oxygen atoms in total. The summed E-state index contributed by atoms with van der Waals surface area (Å²) in [6.07, 6.45) is 0. The zero-order valence-electron chi connectivity index (χ0n) is 19.0. The minimum atomic E-state index is -0.877. The van der Waals surface area contributed by atoms with Crippen molar-refractivity contribution < 1.29 is 14.6 Å². The van der Waals surface area contributed by atoms with Crippen LogP contribution in [0.15, 0.2) is 140 Å². The van der Waals surface area contributed by atoms with Crippen molar-refractivity contribution in [1.82, 2.24) is 0 Å². The summed E-state index contributed by atoms with van der Waals surface area (Å²) in [7, 11) is 3.39. The first-order chi connectivity index (χ1) is 15.4. The molecule has 3 heteroatoms. The van der Waals surface area contributed by atoms with Crippen LogP contribution in [0.5, 0.6) is 0 Å². The van der Waals surface area contributed by atoms with Gasteiger partial charge >= 0.3 is 24.8 Å². The molecule has 0 aromatic heterocycles. The molecular weight excluding hydrogens is 485 g/mol. The van der Waals surface area contributed by atoms with Crippen LogP contribution < -0.4 is 15.9 Å². The molecule has 0 aliphatic carbocycles. The molecule has 173 valence electrons. The summed E-state index contributed by atoms with van der Waals surface area (Å²) >= 11 is 3.35. The maximum atomic E-state index is 4.26. The van der Waals surface area contributed by atoms with Crippen molar-refractivity contribution in [3.8, 4) is 0 Å². The van der Waals surface area contributed by atoms with Crippen LogP contribution in [0.4, 0.5) is 0 Å². The topological polar surface area (TPSA) is 0 Å². The predicted octanol–water partition coefficient (Wildman–Crippen LogP) is 7.60. The van der Waals surface area contributed by atoms with E-state index in [-0.39, 0.29) is 14.9 Å². The predicted molar refractivity (Wildman–Crippen MR) is 149 cm³/mol. The van der Waals surface area contributed by atoms with Gasteiger partial charge < -0.3 is 14.9 Å². The molecule has 0 unspecified atom stereocenters. The molecule has 0 N–H and O–H groups in total. The summed E-state index contributed by atoms with van der Waals surface area (Å²) in [5.74, 6) is 0. The van der Waals surface area contributed by atoms with E-state index in [1.165, 1.54) is 26.7 Å². The molecule has 33 heavy (non-hydrogen) atoms. The fourth-order valence-electron chi connectivity index (χ4n) is 3.45. The zero-order valence-corrected chi connectivity index (χ0v) is 21.7. The van der Waals surface area contributed by atoms with Crippen LogP contribution >= 0.6 is 18.1 Å². The molecule has 0 amide bonds. The Labute approximate surface area is 213 Å². The average molecular weight is 516 g/mol. The summed E-state index contributed by atoms with van der Waals surface area (Å²) in [5.41, 5.74) is 0.